The zero-order chi connectivity index (χ0) is 10.3. The second-order valence-electron chi connectivity index (χ2n) is 2.22. The van der Waals surface area contributed by atoms with Gasteiger partial charge in [-0.25, -0.2) is 4.79 Å². The zero-order valence-corrected chi connectivity index (χ0v) is 6.95. The molecule has 0 amide bonds. The summed E-state index contributed by atoms with van der Waals surface area (Å²) in [4.78, 5) is 21.0. The van der Waals surface area contributed by atoms with Crippen LogP contribution in [0.25, 0.3) is 0 Å². The molecule has 0 aliphatic heterocycles. The van der Waals surface area contributed by atoms with E-state index in [9.17, 15) is 9.59 Å². The Hall–Kier alpha value is -1.83. The van der Waals surface area contributed by atoms with Gasteiger partial charge >= 0.3 is 11.9 Å². The van der Waals surface area contributed by atoms with Gasteiger partial charge in [0.15, 0.2) is 0 Å². The average molecular weight is 183 g/mol. The number of hydrogen-bond donors (Lipinski definition) is 1. The Morgan fingerprint density at radius 1 is 1.54 bits per heavy atom. The third kappa shape index (κ3) is 5.44. The molecule has 0 saturated carbocycles. The van der Waals surface area contributed by atoms with E-state index in [2.05, 4.69) is 11.3 Å². The van der Waals surface area contributed by atoms with Crippen molar-refractivity contribution in [3.63, 3.8) is 0 Å². The number of hydrogen-bond acceptors (Lipinski definition) is 4. The Labute approximate surface area is 75.2 Å². The number of carbonyl (C=O) groups excluding carboxylic acids is 1. The van der Waals surface area contributed by atoms with Gasteiger partial charge in [-0.3, -0.25) is 4.79 Å². The number of ether oxygens (including phenoxy) is 1. The van der Waals surface area contributed by atoms with Crippen molar-refractivity contribution in [1.29, 1.82) is 5.26 Å². The molecule has 0 spiro atoms. The standard InChI is InChI=1S/C8H9NO4/c1-6(5-7(10)11)8(12)13-4-2-3-9/h1-2,4-5H2,(H,10,11). The summed E-state index contributed by atoms with van der Waals surface area (Å²) in [6.07, 6.45) is -0.350. The molecular weight excluding hydrogens is 174 g/mol. The summed E-state index contributed by atoms with van der Waals surface area (Å²) >= 11 is 0. The van der Waals surface area contributed by atoms with Crippen molar-refractivity contribution in [2.75, 3.05) is 6.61 Å². The van der Waals surface area contributed by atoms with Crippen LogP contribution in [0.3, 0.4) is 0 Å². The number of nitriles is 1. The maximum atomic E-state index is 10.9. The summed E-state index contributed by atoms with van der Waals surface area (Å²) in [5.74, 6) is -1.90. The van der Waals surface area contributed by atoms with E-state index >= 15 is 0 Å². The van der Waals surface area contributed by atoms with Gasteiger partial charge in [0.05, 0.1) is 18.9 Å². The number of rotatable bonds is 5. The summed E-state index contributed by atoms with van der Waals surface area (Å²) < 4.78 is 4.52. The average Bonchev–Trinajstić information content (AvgIpc) is 2.03. The van der Waals surface area contributed by atoms with Crippen molar-refractivity contribution in [3.8, 4) is 6.07 Å². The quantitative estimate of drug-likeness (QED) is 0.380. The molecule has 0 fully saturated rings. The van der Waals surface area contributed by atoms with Crippen molar-refractivity contribution in [2.24, 2.45) is 0 Å². The Kier molecular flexibility index (Phi) is 4.96. The minimum absolute atomic E-state index is 0.0338. The first kappa shape index (κ1) is 11.2. The molecule has 0 atom stereocenters. The molecule has 5 heteroatoms. The molecule has 0 unspecified atom stereocenters. The highest BCUT2D eigenvalue weighted by molar-refractivity contribution is 5.92. The maximum absolute atomic E-state index is 10.9. The topological polar surface area (TPSA) is 87.4 Å². The van der Waals surface area contributed by atoms with E-state index in [-0.39, 0.29) is 18.6 Å². The van der Waals surface area contributed by atoms with Crippen LogP contribution in [0.1, 0.15) is 12.8 Å². The molecule has 70 valence electrons. The maximum Gasteiger partial charge on any atom is 0.334 e. The van der Waals surface area contributed by atoms with E-state index < -0.39 is 18.4 Å². The smallest absolute Gasteiger partial charge is 0.334 e. The molecular formula is C8H9NO4. The SMILES string of the molecule is C=C(CC(=O)O)C(=O)OCCC#N. The molecule has 0 heterocycles. The lowest BCUT2D eigenvalue weighted by molar-refractivity contribution is -0.142. The van der Waals surface area contributed by atoms with Gasteiger partial charge in [0, 0.05) is 5.57 Å². The first-order chi connectivity index (χ1) is 6.07. The first-order valence-corrected chi connectivity index (χ1v) is 3.51. The second-order valence-corrected chi connectivity index (χ2v) is 2.22. The lowest BCUT2D eigenvalue weighted by atomic mass is 10.2. The van der Waals surface area contributed by atoms with Crippen molar-refractivity contribution in [1.82, 2.24) is 0 Å². The van der Waals surface area contributed by atoms with Gasteiger partial charge in [-0.15, -0.1) is 0 Å². The molecule has 13 heavy (non-hydrogen) atoms. The van der Waals surface area contributed by atoms with Crippen molar-refractivity contribution in [2.45, 2.75) is 12.8 Å². The summed E-state index contributed by atoms with van der Waals surface area (Å²) in [6, 6.07) is 1.78. The molecule has 0 rings (SSSR count). The fourth-order valence-corrected chi connectivity index (χ4v) is 0.546. The van der Waals surface area contributed by atoms with Crippen LogP contribution in [0.2, 0.25) is 0 Å². The molecule has 0 bridgehead atoms. The van der Waals surface area contributed by atoms with Gasteiger partial charge in [-0.2, -0.15) is 5.26 Å². The number of carboxylic acid groups (broad SMARTS) is 1. The Morgan fingerprint density at radius 2 is 2.15 bits per heavy atom. The lowest BCUT2D eigenvalue weighted by Gasteiger charge is -2.02. The van der Waals surface area contributed by atoms with Crippen molar-refractivity contribution >= 4 is 11.9 Å². The largest absolute Gasteiger partial charge is 0.481 e. The molecule has 0 aromatic rings. The van der Waals surface area contributed by atoms with Crippen LogP contribution < -0.4 is 0 Å². The highest BCUT2D eigenvalue weighted by atomic mass is 16.5. The summed E-state index contributed by atoms with van der Waals surface area (Å²) in [7, 11) is 0. The fourth-order valence-electron chi connectivity index (χ4n) is 0.546. The van der Waals surface area contributed by atoms with E-state index in [1.54, 1.807) is 6.07 Å². The molecule has 0 saturated heterocycles. The van der Waals surface area contributed by atoms with Crippen LogP contribution in [-0.4, -0.2) is 23.7 Å². The van der Waals surface area contributed by atoms with E-state index in [1.807, 2.05) is 0 Å². The second kappa shape index (κ2) is 5.77. The fraction of sp³-hybridized carbons (Fsp3) is 0.375. The predicted octanol–water partition coefficient (Wildman–Crippen LogP) is 0.474. The first-order valence-electron chi connectivity index (χ1n) is 3.51. The number of aliphatic carboxylic acids is 1. The number of esters is 1. The van der Waals surface area contributed by atoms with Crippen LogP contribution in [0, 0.1) is 11.3 Å². The zero-order valence-electron chi connectivity index (χ0n) is 6.95. The van der Waals surface area contributed by atoms with E-state index in [0.717, 1.165) is 0 Å². The Balaban J connectivity index is 3.78. The number of nitrogens with zero attached hydrogens (tertiary/aromatic N) is 1. The van der Waals surface area contributed by atoms with Crippen LogP contribution in [0.4, 0.5) is 0 Å². The third-order valence-electron chi connectivity index (χ3n) is 1.10. The Morgan fingerprint density at radius 3 is 2.62 bits per heavy atom. The van der Waals surface area contributed by atoms with Crippen LogP contribution in [-0.2, 0) is 14.3 Å². The third-order valence-corrected chi connectivity index (χ3v) is 1.10. The number of carbonyl (C=O) groups is 2. The van der Waals surface area contributed by atoms with Gasteiger partial charge in [-0.05, 0) is 0 Å². The summed E-state index contributed by atoms with van der Waals surface area (Å²) in [5.41, 5.74) is -0.120. The molecule has 1 N–H and O–H groups in total. The monoisotopic (exact) mass is 183 g/mol. The van der Waals surface area contributed by atoms with E-state index in [0.29, 0.717) is 0 Å². The summed E-state index contributed by atoms with van der Waals surface area (Å²) in [6.45, 7) is 3.20. The van der Waals surface area contributed by atoms with Gasteiger partial charge < -0.3 is 9.84 Å². The normalized spacial score (nSPS) is 8.54. The minimum Gasteiger partial charge on any atom is -0.481 e. The summed E-state index contributed by atoms with van der Waals surface area (Å²) in [5, 5.41) is 16.4. The van der Waals surface area contributed by atoms with Crippen molar-refractivity contribution in [3.05, 3.63) is 12.2 Å². The van der Waals surface area contributed by atoms with Crippen LogP contribution in [0.5, 0.6) is 0 Å². The molecule has 0 radical (unpaired) electrons. The highest BCUT2D eigenvalue weighted by Gasteiger charge is 2.11. The van der Waals surface area contributed by atoms with Gasteiger partial charge in [0.25, 0.3) is 0 Å². The molecule has 0 aliphatic carbocycles. The molecule has 0 aromatic carbocycles. The lowest BCUT2D eigenvalue weighted by Crippen LogP contribution is -2.11. The molecule has 0 aromatic heterocycles. The predicted molar refractivity (Wildman–Crippen MR) is 42.6 cm³/mol. The van der Waals surface area contributed by atoms with Gasteiger partial charge in [-0.1, -0.05) is 6.58 Å². The van der Waals surface area contributed by atoms with E-state index in [4.69, 9.17) is 10.4 Å². The number of carboxylic acids is 1. The molecule has 5 nitrogen and oxygen atoms in total. The van der Waals surface area contributed by atoms with Gasteiger partial charge in [0.1, 0.15) is 6.61 Å². The van der Waals surface area contributed by atoms with Crippen LogP contribution >= 0.6 is 0 Å². The Bertz CT molecular complexity index is 264. The van der Waals surface area contributed by atoms with Crippen LogP contribution in [0.15, 0.2) is 12.2 Å². The van der Waals surface area contributed by atoms with Crippen molar-refractivity contribution < 1.29 is 19.4 Å². The molecule has 0 aliphatic rings. The highest BCUT2D eigenvalue weighted by Crippen LogP contribution is 2.00. The minimum atomic E-state index is -1.14. The van der Waals surface area contributed by atoms with E-state index in [1.165, 1.54) is 0 Å². The van der Waals surface area contributed by atoms with Gasteiger partial charge in [0.2, 0.25) is 0 Å².